The van der Waals surface area contributed by atoms with Crippen molar-refractivity contribution in [2.45, 2.75) is 58.8 Å². The van der Waals surface area contributed by atoms with Crippen molar-refractivity contribution in [3.05, 3.63) is 28.5 Å². The van der Waals surface area contributed by atoms with Crippen molar-refractivity contribution in [2.24, 2.45) is 5.41 Å². The van der Waals surface area contributed by atoms with Gasteiger partial charge in [-0.3, -0.25) is 4.79 Å². The lowest BCUT2D eigenvalue weighted by molar-refractivity contribution is -0.127. The zero-order chi connectivity index (χ0) is 18.1. The summed E-state index contributed by atoms with van der Waals surface area (Å²) in [6.45, 7) is 7.67. The largest absolute Gasteiger partial charge is 0.494 e. The summed E-state index contributed by atoms with van der Waals surface area (Å²) in [6.07, 6.45) is 0.482. The van der Waals surface area contributed by atoms with E-state index in [4.69, 9.17) is 21.1 Å². The molecule has 1 saturated heterocycles. The molecule has 2 rings (SSSR count). The number of hydrogen-bond donors (Lipinski definition) is 1. The van der Waals surface area contributed by atoms with E-state index in [9.17, 15) is 9.18 Å². The summed E-state index contributed by atoms with van der Waals surface area (Å²) in [7, 11) is 1.41. The fraction of sp³-hybridized carbons (Fsp3) is 0.611. The van der Waals surface area contributed by atoms with Crippen LogP contribution in [0.3, 0.4) is 0 Å². The maximum atomic E-state index is 14.8. The summed E-state index contributed by atoms with van der Waals surface area (Å²) < 4.78 is 26.0. The quantitative estimate of drug-likeness (QED) is 0.879. The van der Waals surface area contributed by atoms with Crippen LogP contribution in [0.25, 0.3) is 0 Å². The average Bonchev–Trinajstić information content (AvgIpc) is 2.45. The monoisotopic (exact) mass is 357 g/mol. The predicted molar refractivity (Wildman–Crippen MR) is 91.9 cm³/mol. The Balaban J connectivity index is 2.39. The van der Waals surface area contributed by atoms with Gasteiger partial charge in [0.15, 0.2) is 11.6 Å². The fourth-order valence-electron chi connectivity index (χ4n) is 3.07. The lowest BCUT2D eigenvalue weighted by Gasteiger charge is -2.42. The minimum absolute atomic E-state index is 0.0906. The summed E-state index contributed by atoms with van der Waals surface area (Å²) in [5.74, 6) is -0.483. The molecule has 1 N–H and O–H groups in total. The first kappa shape index (κ1) is 19.0. The number of halogens is 2. The third-order valence-electron chi connectivity index (χ3n) is 4.33. The fourth-order valence-corrected chi connectivity index (χ4v) is 3.34. The van der Waals surface area contributed by atoms with Gasteiger partial charge in [0.25, 0.3) is 0 Å². The molecule has 0 unspecified atom stereocenters. The number of rotatable bonds is 3. The smallest absolute Gasteiger partial charge is 0.217 e. The van der Waals surface area contributed by atoms with Crippen molar-refractivity contribution >= 4 is 17.5 Å². The second kappa shape index (κ2) is 7.28. The summed E-state index contributed by atoms with van der Waals surface area (Å²) in [5, 5.41) is 3.24. The van der Waals surface area contributed by atoms with Crippen LogP contribution in [0.5, 0.6) is 5.75 Å². The van der Waals surface area contributed by atoms with E-state index in [1.54, 1.807) is 6.07 Å². The normalized spacial score (nSPS) is 24.5. The molecule has 1 aromatic rings. The maximum absolute atomic E-state index is 14.8. The van der Waals surface area contributed by atoms with Gasteiger partial charge in [0, 0.05) is 23.6 Å². The highest BCUT2D eigenvalue weighted by molar-refractivity contribution is 6.31. The van der Waals surface area contributed by atoms with Gasteiger partial charge in [-0.1, -0.05) is 32.4 Å². The van der Waals surface area contributed by atoms with Gasteiger partial charge in [0.1, 0.15) is 0 Å². The third kappa shape index (κ3) is 4.19. The molecule has 3 atom stereocenters. The number of nitrogens with one attached hydrogen (secondary N) is 1. The Hall–Kier alpha value is -1.33. The van der Waals surface area contributed by atoms with E-state index >= 15 is 0 Å². The Labute approximate surface area is 147 Å². The summed E-state index contributed by atoms with van der Waals surface area (Å²) in [6, 6.07) is 3.01. The molecule has 1 aliphatic rings. The van der Waals surface area contributed by atoms with Crippen molar-refractivity contribution in [3.63, 3.8) is 0 Å². The van der Waals surface area contributed by atoms with Crippen molar-refractivity contribution < 1.29 is 18.7 Å². The van der Waals surface area contributed by atoms with E-state index in [2.05, 4.69) is 26.1 Å². The molecule has 1 heterocycles. The molecule has 0 aromatic heterocycles. The molecular weight excluding hydrogens is 333 g/mol. The highest BCUT2D eigenvalue weighted by Crippen LogP contribution is 2.42. The Kier molecular flexibility index (Phi) is 5.76. The van der Waals surface area contributed by atoms with Crippen molar-refractivity contribution in [2.75, 3.05) is 7.11 Å². The third-order valence-corrected chi connectivity index (χ3v) is 4.66. The summed E-state index contributed by atoms with van der Waals surface area (Å²) in [5.41, 5.74) is 0.150. The van der Waals surface area contributed by atoms with Crippen LogP contribution < -0.4 is 10.1 Å². The van der Waals surface area contributed by atoms with E-state index in [-0.39, 0.29) is 29.2 Å². The van der Waals surface area contributed by atoms with E-state index in [0.717, 1.165) is 0 Å². The van der Waals surface area contributed by atoms with Gasteiger partial charge < -0.3 is 14.8 Å². The van der Waals surface area contributed by atoms with E-state index in [1.807, 2.05) is 0 Å². The van der Waals surface area contributed by atoms with Crippen LogP contribution in [0.2, 0.25) is 5.02 Å². The molecule has 0 aliphatic carbocycles. The zero-order valence-electron chi connectivity index (χ0n) is 14.8. The number of ether oxygens (including phenoxy) is 2. The zero-order valence-corrected chi connectivity index (χ0v) is 15.5. The predicted octanol–water partition coefficient (Wildman–Crippen LogP) is 4.26. The van der Waals surface area contributed by atoms with Gasteiger partial charge in [-0.2, -0.15) is 0 Å². The molecule has 1 amide bonds. The molecule has 0 radical (unpaired) electrons. The first-order chi connectivity index (χ1) is 11.1. The van der Waals surface area contributed by atoms with E-state index in [0.29, 0.717) is 23.4 Å². The van der Waals surface area contributed by atoms with Crippen molar-refractivity contribution in [3.8, 4) is 5.75 Å². The van der Waals surface area contributed by atoms with Gasteiger partial charge in [-0.05, 0) is 30.4 Å². The summed E-state index contributed by atoms with van der Waals surface area (Å²) >= 11 is 6.24. The van der Waals surface area contributed by atoms with Crippen LogP contribution in [-0.4, -0.2) is 25.2 Å². The van der Waals surface area contributed by atoms with Gasteiger partial charge in [0.05, 0.1) is 19.3 Å². The van der Waals surface area contributed by atoms with Crippen LogP contribution in [0, 0.1) is 11.2 Å². The second-order valence-electron chi connectivity index (χ2n) is 7.33. The van der Waals surface area contributed by atoms with Crippen LogP contribution in [0.15, 0.2) is 12.1 Å². The highest BCUT2D eigenvalue weighted by Gasteiger charge is 2.39. The van der Waals surface area contributed by atoms with E-state index < -0.39 is 11.9 Å². The molecule has 0 spiro atoms. The standard InChI is InChI=1S/C18H25ClFNO3/c1-10(22)21-11-8-14(24-15(9-11)18(2,3)4)16-12(19)6-7-13(23-5)17(16)20/h6-7,11,14-15H,8-9H2,1-5H3,(H,21,22)/t11-,14-,15+/m1/s1. The molecule has 4 nitrogen and oxygen atoms in total. The lowest BCUT2D eigenvalue weighted by atomic mass is 9.81. The molecule has 0 saturated carbocycles. The maximum Gasteiger partial charge on any atom is 0.217 e. The minimum atomic E-state index is -0.539. The Bertz CT molecular complexity index is 615. The molecule has 134 valence electrons. The number of carbonyl (C=O) groups is 1. The number of carbonyl (C=O) groups excluding carboxylic acids is 1. The number of methoxy groups -OCH3 is 1. The lowest BCUT2D eigenvalue weighted by Crippen LogP contribution is -2.46. The van der Waals surface area contributed by atoms with Gasteiger partial charge >= 0.3 is 0 Å². The minimum Gasteiger partial charge on any atom is -0.494 e. The summed E-state index contributed by atoms with van der Waals surface area (Å²) in [4.78, 5) is 11.5. The molecular formula is C18H25ClFNO3. The van der Waals surface area contributed by atoms with Crippen molar-refractivity contribution in [1.29, 1.82) is 0 Å². The van der Waals surface area contributed by atoms with E-state index in [1.165, 1.54) is 20.1 Å². The van der Waals surface area contributed by atoms with Crippen molar-refractivity contribution in [1.82, 2.24) is 5.32 Å². The molecule has 1 aliphatic heterocycles. The first-order valence-electron chi connectivity index (χ1n) is 8.08. The molecule has 1 fully saturated rings. The van der Waals surface area contributed by atoms with Crippen LogP contribution in [0.1, 0.15) is 52.2 Å². The van der Waals surface area contributed by atoms with Crippen LogP contribution >= 0.6 is 11.6 Å². The first-order valence-corrected chi connectivity index (χ1v) is 8.45. The Morgan fingerprint density at radius 2 is 2.04 bits per heavy atom. The Morgan fingerprint density at radius 1 is 1.38 bits per heavy atom. The number of benzene rings is 1. The van der Waals surface area contributed by atoms with Crippen LogP contribution in [-0.2, 0) is 9.53 Å². The van der Waals surface area contributed by atoms with Gasteiger partial charge in [-0.15, -0.1) is 0 Å². The average molecular weight is 358 g/mol. The Morgan fingerprint density at radius 3 is 2.58 bits per heavy atom. The van der Waals surface area contributed by atoms with Crippen LogP contribution in [0.4, 0.5) is 4.39 Å². The SMILES string of the molecule is COc1ccc(Cl)c([C@H]2C[C@@H](NC(C)=O)C[C@@H](C(C)(C)C)O2)c1F. The molecule has 24 heavy (non-hydrogen) atoms. The number of hydrogen-bond acceptors (Lipinski definition) is 3. The van der Waals surface area contributed by atoms with Gasteiger partial charge in [0.2, 0.25) is 5.91 Å². The number of amides is 1. The topological polar surface area (TPSA) is 47.6 Å². The molecule has 1 aromatic carbocycles. The highest BCUT2D eigenvalue weighted by atomic mass is 35.5. The second-order valence-corrected chi connectivity index (χ2v) is 7.73. The van der Waals surface area contributed by atoms with Gasteiger partial charge in [-0.25, -0.2) is 4.39 Å². The molecule has 0 bridgehead atoms. The molecule has 6 heteroatoms.